The number of nitrogens with zero attached hydrogens (tertiary/aromatic N) is 2. The van der Waals surface area contributed by atoms with E-state index in [4.69, 9.17) is 0 Å². The minimum atomic E-state index is -0.470. The Balaban J connectivity index is 2.30. The largest absolute Gasteiger partial charge is 0.390 e. The van der Waals surface area contributed by atoms with Gasteiger partial charge in [0.2, 0.25) is 5.91 Å². The quantitative estimate of drug-likeness (QED) is 0.724. The molecule has 1 rings (SSSR count). The predicted octanol–water partition coefficient (Wildman–Crippen LogP) is 0.651. The molecule has 100 valence electrons. The molecular formula is C12H23FN2O2. The van der Waals surface area contributed by atoms with Gasteiger partial charge in [-0.3, -0.25) is 14.1 Å². The molecule has 0 radical (unpaired) electrons. The van der Waals surface area contributed by atoms with Gasteiger partial charge in [0.05, 0.1) is 12.8 Å². The maximum atomic E-state index is 11.9. The summed E-state index contributed by atoms with van der Waals surface area (Å²) >= 11 is 0. The van der Waals surface area contributed by atoms with Crippen LogP contribution in [0.3, 0.4) is 0 Å². The molecule has 0 aromatic heterocycles. The van der Waals surface area contributed by atoms with Crippen LogP contribution in [0.2, 0.25) is 0 Å². The average molecular weight is 246 g/mol. The Bertz CT molecular complexity index is 239. The first-order valence-electron chi connectivity index (χ1n) is 6.35. The number of alkyl halides is 1. The van der Waals surface area contributed by atoms with Crippen molar-refractivity contribution in [3.8, 4) is 0 Å². The normalized spacial score (nSPS) is 22.5. The molecule has 0 aromatic carbocycles. The highest BCUT2D eigenvalue weighted by atomic mass is 19.1. The number of carbonyl (C=O) groups excluding carboxylic acids is 1. The van der Waals surface area contributed by atoms with Crippen LogP contribution in [0.5, 0.6) is 0 Å². The predicted molar refractivity (Wildman–Crippen MR) is 64.5 cm³/mol. The molecule has 1 N–H and O–H groups in total. The summed E-state index contributed by atoms with van der Waals surface area (Å²) < 4.78 is 11.9. The Morgan fingerprint density at radius 1 is 1.29 bits per heavy atom. The monoisotopic (exact) mass is 246 g/mol. The summed E-state index contributed by atoms with van der Waals surface area (Å²) in [5.74, 6) is 0.0170. The lowest BCUT2D eigenvalue weighted by Crippen LogP contribution is -2.36. The van der Waals surface area contributed by atoms with E-state index in [0.29, 0.717) is 26.1 Å². The van der Waals surface area contributed by atoms with Crippen molar-refractivity contribution in [2.24, 2.45) is 0 Å². The first-order chi connectivity index (χ1) is 8.13. The third-order valence-electron chi connectivity index (χ3n) is 3.14. The molecule has 1 aliphatic heterocycles. The lowest BCUT2D eigenvalue weighted by Gasteiger charge is -2.20. The summed E-state index contributed by atoms with van der Waals surface area (Å²) in [5.41, 5.74) is 0. The molecule has 5 heteroatoms. The molecule has 0 aliphatic carbocycles. The fourth-order valence-electron chi connectivity index (χ4n) is 2.15. The van der Waals surface area contributed by atoms with Gasteiger partial charge in [0.1, 0.15) is 0 Å². The number of hydrogen-bond donors (Lipinski definition) is 1. The molecular weight excluding hydrogens is 223 g/mol. The summed E-state index contributed by atoms with van der Waals surface area (Å²) in [5, 5.41) is 9.79. The molecule has 4 nitrogen and oxygen atoms in total. The van der Waals surface area contributed by atoms with Crippen LogP contribution in [-0.2, 0) is 4.79 Å². The Morgan fingerprint density at radius 3 is 2.71 bits per heavy atom. The van der Waals surface area contributed by atoms with Gasteiger partial charge in [0.25, 0.3) is 0 Å². The Labute approximate surface area is 102 Å². The Hall–Kier alpha value is -0.680. The third kappa shape index (κ3) is 5.46. The van der Waals surface area contributed by atoms with Crippen molar-refractivity contribution in [2.75, 3.05) is 39.4 Å². The van der Waals surface area contributed by atoms with E-state index in [1.165, 1.54) is 6.92 Å². The highest BCUT2D eigenvalue weighted by molar-refractivity contribution is 5.73. The minimum Gasteiger partial charge on any atom is -0.390 e. The van der Waals surface area contributed by atoms with Gasteiger partial charge in [-0.2, -0.15) is 0 Å². The summed E-state index contributed by atoms with van der Waals surface area (Å²) in [7, 11) is 0. The molecule has 1 aliphatic rings. The second-order valence-electron chi connectivity index (χ2n) is 4.67. The van der Waals surface area contributed by atoms with E-state index in [2.05, 4.69) is 4.90 Å². The van der Waals surface area contributed by atoms with Crippen LogP contribution < -0.4 is 0 Å². The van der Waals surface area contributed by atoms with Gasteiger partial charge in [-0.15, -0.1) is 0 Å². The zero-order chi connectivity index (χ0) is 12.7. The number of hydrogen-bond acceptors (Lipinski definition) is 3. The second-order valence-corrected chi connectivity index (χ2v) is 4.67. The van der Waals surface area contributed by atoms with Crippen LogP contribution in [0.1, 0.15) is 26.2 Å². The fourth-order valence-corrected chi connectivity index (χ4v) is 2.15. The van der Waals surface area contributed by atoms with Crippen molar-refractivity contribution in [1.82, 2.24) is 9.80 Å². The van der Waals surface area contributed by atoms with Gasteiger partial charge >= 0.3 is 0 Å². The van der Waals surface area contributed by atoms with Crippen molar-refractivity contribution < 1.29 is 14.3 Å². The number of unbranched alkanes of at least 4 members (excludes halogenated alkanes) is 2. The molecule has 0 spiro atoms. The van der Waals surface area contributed by atoms with Crippen LogP contribution in [0, 0.1) is 0 Å². The van der Waals surface area contributed by atoms with Crippen LogP contribution in [0.4, 0.5) is 4.39 Å². The smallest absolute Gasteiger partial charge is 0.219 e. The molecule has 0 bridgehead atoms. The number of aliphatic hydroxyl groups excluding tert-OH is 1. The SMILES string of the molecule is CC(=O)N1CCN(CCCCCF)CC(O)C1. The van der Waals surface area contributed by atoms with Gasteiger partial charge < -0.3 is 10.0 Å². The van der Waals surface area contributed by atoms with Crippen molar-refractivity contribution >= 4 is 5.91 Å². The van der Waals surface area contributed by atoms with E-state index in [1.807, 2.05) is 0 Å². The van der Waals surface area contributed by atoms with Crippen molar-refractivity contribution in [3.05, 3.63) is 0 Å². The van der Waals surface area contributed by atoms with Gasteiger partial charge in [-0.1, -0.05) is 0 Å². The first-order valence-corrected chi connectivity index (χ1v) is 6.35. The molecule has 17 heavy (non-hydrogen) atoms. The molecule has 0 aromatic rings. The molecule has 1 heterocycles. The topological polar surface area (TPSA) is 43.8 Å². The maximum Gasteiger partial charge on any atom is 0.219 e. The summed E-state index contributed by atoms with van der Waals surface area (Å²) in [6, 6.07) is 0. The van der Waals surface area contributed by atoms with Crippen LogP contribution in [0.15, 0.2) is 0 Å². The second kappa shape index (κ2) is 7.61. The van der Waals surface area contributed by atoms with E-state index in [0.717, 1.165) is 25.9 Å². The van der Waals surface area contributed by atoms with Crippen LogP contribution in [0.25, 0.3) is 0 Å². The van der Waals surface area contributed by atoms with Crippen molar-refractivity contribution in [3.63, 3.8) is 0 Å². The van der Waals surface area contributed by atoms with E-state index >= 15 is 0 Å². The number of rotatable bonds is 5. The standard InChI is InChI=1S/C12H23FN2O2/c1-11(16)15-8-7-14(9-12(17)10-15)6-4-2-3-5-13/h12,17H,2-10H2,1H3. The third-order valence-corrected chi connectivity index (χ3v) is 3.14. The molecule has 1 amide bonds. The zero-order valence-corrected chi connectivity index (χ0v) is 10.6. The molecule has 1 fully saturated rings. The van der Waals surface area contributed by atoms with Crippen LogP contribution >= 0.6 is 0 Å². The van der Waals surface area contributed by atoms with E-state index < -0.39 is 6.10 Å². The number of amides is 1. The lowest BCUT2D eigenvalue weighted by atomic mass is 10.2. The van der Waals surface area contributed by atoms with E-state index in [9.17, 15) is 14.3 Å². The van der Waals surface area contributed by atoms with E-state index in [1.54, 1.807) is 4.90 Å². The zero-order valence-electron chi connectivity index (χ0n) is 10.6. The maximum absolute atomic E-state index is 11.9. The number of halogens is 1. The molecule has 1 saturated heterocycles. The number of carbonyl (C=O) groups is 1. The highest BCUT2D eigenvalue weighted by Gasteiger charge is 2.21. The van der Waals surface area contributed by atoms with Crippen molar-refractivity contribution in [1.29, 1.82) is 0 Å². The molecule has 0 saturated carbocycles. The van der Waals surface area contributed by atoms with Gasteiger partial charge in [-0.05, 0) is 25.8 Å². The average Bonchev–Trinajstić information content (AvgIpc) is 2.46. The molecule has 1 atom stereocenters. The number of aliphatic hydroxyl groups is 1. The molecule has 1 unspecified atom stereocenters. The highest BCUT2D eigenvalue weighted by Crippen LogP contribution is 2.06. The Morgan fingerprint density at radius 2 is 2.06 bits per heavy atom. The Kier molecular flexibility index (Phi) is 6.44. The lowest BCUT2D eigenvalue weighted by molar-refractivity contribution is -0.129. The summed E-state index contributed by atoms with van der Waals surface area (Å²) in [6.45, 7) is 4.67. The fraction of sp³-hybridized carbons (Fsp3) is 0.917. The van der Waals surface area contributed by atoms with Gasteiger partial charge in [-0.25, -0.2) is 0 Å². The van der Waals surface area contributed by atoms with Gasteiger partial charge in [0.15, 0.2) is 0 Å². The minimum absolute atomic E-state index is 0.0170. The summed E-state index contributed by atoms with van der Waals surface area (Å²) in [6.07, 6.45) is 1.99. The first kappa shape index (κ1) is 14.4. The van der Waals surface area contributed by atoms with Crippen molar-refractivity contribution in [2.45, 2.75) is 32.3 Å². The van der Waals surface area contributed by atoms with Gasteiger partial charge in [0, 0.05) is 33.1 Å². The van der Waals surface area contributed by atoms with Crippen LogP contribution in [-0.4, -0.2) is 66.3 Å². The van der Waals surface area contributed by atoms with E-state index in [-0.39, 0.29) is 12.6 Å². The number of β-amino-alcohol motifs (C(OH)–C–C–N with tert-alkyl or cyclic N) is 1. The summed E-state index contributed by atoms with van der Waals surface area (Å²) in [4.78, 5) is 15.1.